The molecular weight excluding hydrogens is 292 g/mol. The molecule has 114 valence electrons. The molecule has 0 radical (unpaired) electrons. The largest absolute Gasteiger partial charge is 0.490 e. The molecule has 6 heteroatoms. The van der Waals surface area contributed by atoms with Gasteiger partial charge < -0.3 is 10.1 Å². The van der Waals surface area contributed by atoms with Crippen molar-refractivity contribution in [1.82, 2.24) is 10.2 Å². The quantitative estimate of drug-likeness (QED) is 0.822. The van der Waals surface area contributed by atoms with Crippen LogP contribution >= 0.6 is 11.6 Å². The summed E-state index contributed by atoms with van der Waals surface area (Å²) in [7, 11) is 0. The van der Waals surface area contributed by atoms with Crippen molar-refractivity contribution in [2.24, 2.45) is 5.92 Å². The van der Waals surface area contributed by atoms with Crippen LogP contribution in [0.1, 0.15) is 20.3 Å². The van der Waals surface area contributed by atoms with Crippen molar-refractivity contribution < 1.29 is 14.3 Å². The third kappa shape index (κ3) is 3.88. The standard InChI is InChI=1S/C15H19ClN2O3/c1-10(2)9-12-14(19)18(15(20)17-12)7-8-21-13-6-4-3-5-11(13)16/h3-6,10,12H,7-9H2,1-2H3,(H,17,20). The van der Waals surface area contributed by atoms with E-state index >= 15 is 0 Å². The third-order valence-electron chi connectivity index (χ3n) is 3.22. The van der Waals surface area contributed by atoms with Crippen LogP contribution in [0.4, 0.5) is 4.79 Å². The molecule has 1 aliphatic rings. The van der Waals surface area contributed by atoms with Crippen molar-refractivity contribution in [3.8, 4) is 5.75 Å². The summed E-state index contributed by atoms with van der Waals surface area (Å²) in [6, 6.07) is 6.32. The van der Waals surface area contributed by atoms with Crippen molar-refractivity contribution >= 4 is 23.5 Å². The number of ether oxygens (including phenoxy) is 1. The summed E-state index contributed by atoms with van der Waals surface area (Å²) < 4.78 is 5.51. The maximum atomic E-state index is 12.1. The Morgan fingerprint density at radius 3 is 2.71 bits per heavy atom. The minimum atomic E-state index is -0.419. The van der Waals surface area contributed by atoms with Gasteiger partial charge >= 0.3 is 6.03 Å². The Bertz CT molecular complexity index is 533. The van der Waals surface area contributed by atoms with Crippen molar-refractivity contribution in [2.75, 3.05) is 13.2 Å². The van der Waals surface area contributed by atoms with Gasteiger partial charge in [-0.1, -0.05) is 37.6 Å². The molecule has 1 aromatic carbocycles. The topological polar surface area (TPSA) is 58.6 Å². The van der Waals surface area contributed by atoms with Gasteiger partial charge in [-0.25, -0.2) is 4.79 Å². The summed E-state index contributed by atoms with van der Waals surface area (Å²) in [5, 5.41) is 3.21. The highest BCUT2D eigenvalue weighted by atomic mass is 35.5. The number of carbonyl (C=O) groups is 2. The molecule has 1 atom stereocenters. The van der Waals surface area contributed by atoms with Gasteiger partial charge in [-0.3, -0.25) is 9.69 Å². The monoisotopic (exact) mass is 310 g/mol. The first-order chi connectivity index (χ1) is 9.99. The Hall–Kier alpha value is -1.75. The summed E-state index contributed by atoms with van der Waals surface area (Å²) in [5.41, 5.74) is 0. The molecule has 21 heavy (non-hydrogen) atoms. The molecule has 3 amide bonds. The van der Waals surface area contributed by atoms with Crippen LogP contribution in [-0.4, -0.2) is 36.0 Å². The maximum Gasteiger partial charge on any atom is 0.324 e. The van der Waals surface area contributed by atoms with E-state index < -0.39 is 6.04 Å². The molecule has 1 unspecified atom stereocenters. The fourth-order valence-electron chi connectivity index (χ4n) is 2.23. The van der Waals surface area contributed by atoms with E-state index in [0.29, 0.717) is 23.1 Å². The van der Waals surface area contributed by atoms with Crippen molar-refractivity contribution in [3.63, 3.8) is 0 Å². The van der Waals surface area contributed by atoms with Gasteiger partial charge in [0.15, 0.2) is 0 Å². The fraction of sp³-hybridized carbons (Fsp3) is 0.467. The zero-order valence-electron chi connectivity index (χ0n) is 12.1. The Labute approximate surface area is 129 Å². The average molecular weight is 311 g/mol. The lowest BCUT2D eigenvalue weighted by molar-refractivity contribution is -0.128. The highest BCUT2D eigenvalue weighted by Crippen LogP contribution is 2.23. The fourth-order valence-corrected chi connectivity index (χ4v) is 2.42. The second kappa shape index (κ2) is 6.80. The zero-order chi connectivity index (χ0) is 15.4. The predicted molar refractivity (Wildman–Crippen MR) is 80.4 cm³/mol. The van der Waals surface area contributed by atoms with Crippen molar-refractivity contribution in [1.29, 1.82) is 0 Å². The van der Waals surface area contributed by atoms with Crippen LogP contribution in [0.15, 0.2) is 24.3 Å². The molecule has 5 nitrogen and oxygen atoms in total. The van der Waals surface area contributed by atoms with Crippen molar-refractivity contribution in [3.05, 3.63) is 29.3 Å². The van der Waals surface area contributed by atoms with Crippen LogP contribution in [0, 0.1) is 5.92 Å². The summed E-state index contributed by atoms with van der Waals surface area (Å²) >= 11 is 5.97. The van der Waals surface area contributed by atoms with E-state index in [1.807, 2.05) is 26.0 Å². The van der Waals surface area contributed by atoms with E-state index in [2.05, 4.69) is 5.32 Å². The van der Waals surface area contributed by atoms with Gasteiger partial charge in [-0.15, -0.1) is 0 Å². The summed E-state index contributed by atoms with van der Waals surface area (Å²) in [6.45, 7) is 4.47. The lowest BCUT2D eigenvalue weighted by Crippen LogP contribution is -2.35. The summed E-state index contributed by atoms with van der Waals surface area (Å²) in [5.74, 6) is 0.708. The molecular formula is C15H19ClN2O3. The number of benzene rings is 1. The Kier molecular flexibility index (Phi) is 5.07. The van der Waals surface area contributed by atoms with Gasteiger partial charge in [-0.05, 0) is 24.5 Å². The normalized spacial score (nSPS) is 18.3. The van der Waals surface area contributed by atoms with E-state index in [9.17, 15) is 9.59 Å². The lowest BCUT2D eigenvalue weighted by atomic mass is 10.0. The Morgan fingerprint density at radius 1 is 1.33 bits per heavy atom. The highest BCUT2D eigenvalue weighted by molar-refractivity contribution is 6.32. The number of amides is 3. The number of para-hydroxylation sites is 1. The smallest absolute Gasteiger partial charge is 0.324 e. The number of rotatable bonds is 6. The molecule has 0 saturated carbocycles. The Morgan fingerprint density at radius 2 is 2.05 bits per heavy atom. The van der Waals surface area contributed by atoms with E-state index in [-0.39, 0.29) is 25.1 Å². The third-order valence-corrected chi connectivity index (χ3v) is 3.54. The highest BCUT2D eigenvalue weighted by Gasteiger charge is 2.37. The van der Waals surface area contributed by atoms with Crippen LogP contribution < -0.4 is 10.1 Å². The van der Waals surface area contributed by atoms with Gasteiger partial charge in [0.05, 0.1) is 11.6 Å². The number of imide groups is 1. The van der Waals surface area contributed by atoms with Gasteiger partial charge in [0.2, 0.25) is 0 Å². The molecule has 1 fully saturated rings. The molecule has 1 aliphatic heterocycles. The molecule has 1 N–H and O–H groups in total. The SMILES string of the molecule is CC(C)CC1NC(=O)N(CCOc2ccccc2Cl)C1=O. The first kappa shape index (κ1) is 15.6. The summed E-state index contributed by atoms with van der Waals surface area (Å²) in [4.78, 5) is 25.1. The number of nitrogens with one attached hydrogen (secondary N) is 1. The lowest BCUT2D eigenvalue weighted by Gasteiger charge is -2.14. The van der Waals surface area contributed by atoms with Gasteiger partial charge in [0.25, 0.3) is 5.91 Å². The number of hydrogen-bond acceptors (Lipinski definition) is 3. The van der Waals surface area contributed by atoms with Gasteiger partial charge in [-0.2, -0.15) is 0 Å². The Balaban J connectivity index is 1.87. The van der Waals surface area contributed by atoms with E-state index in [1.54, 1.807) is 12.1 Å². The summed E-state index contributed by atoms with van der Waals surface area (Å²) in [6.07, 6.45) is 0.645. The molecule has 0 aliphatic carbocycles. The zero-order valence-corrected chi connectivity index (χ0v) is 12.9. The number of nitrogens with zero attached hydrogens (tertiary/aromatic N) is 1. The van der Waals surface area contributed by atoms with Crippen molar-refractivity contribution in [2.45, 2.75) is 26.3 Å². The molecule has 0 bridgehead atoms. The maximum absolute atomic E-state index is 12.1. The number of halogens is 1. The molecule has 0 aromatic heterocycles. The minimum Gasteiger partial charge on any atom is -0.490 e. The molecule has 1 saturated heterocycles. The number of hydrogen-bond donors (Lipinski definition) is 1. The van der Waals surface area contributed by atoms with Crippen LogP contribution in [0.2, 0.25) is 5.02 Å². The predicted octanol–water partition coefficient (Wildman–Crippen LogP) is 2.69. The molecule has 1 aromatic rings. The van der Waals surface area contributed by atoms with Crippen LogP contribution in [0.5, 0.6) is 5.75 Å². The molecule has 2 rings (SSSR count). The second-order valence-electron chi connectivity index (χ2n) is 5.40. The van der Waals surface area contributed by atoms with E-state index in [0.717, 1.165) is 0 Å². The minimum absolute atomic E-state index is 0.184. The first-order valence-corrected chi connectivity index (χ1v) is 7.36. The molecule has 0 spiro atoms. The van der Waals surface area contributed by atoms with Crippen LogP contribution in [0.25, 0.3) is 0 Å². The number of urea groups is 1. The average Bonchev–Trinajstić information content (AvgIpc) is 2.67. The first-order valence-electron chi connectivity index (χ1n) is 6.98. The van der Waals surface area contributed by atoms with E-state index in [4.69, 9.17) is 16.3 Å². The second-order valence-corrected chi connectivity index (χ2v) is 5.81. The van der Waals surface area contributed by atoms with Crippen LogP contribution in [0.3, 0.4) is 0 Å². The van der Waals surface area contributed by atoms with Gasteiger partial charge in [0, 0.05) is 0 Å². The van der Waals surface area contributed by atoms with Gasteiger partial charge in [0.1, 0.15) is 18.4 Å². The number of carbonyl (C=O) groups excluding carboxylic acids is 2. The van der Waals surface area contributed by atoms with E-state index in [1.165, 1.54) is 4.90 Å². The molecule has 1 heterocycles. The van der Waals surface area contributed by atoms with Crippen LogP contribution in [-0.2, 0) is 4.79 Å².